The summed E-state index contributed by atoms with van der Waals surface area (Å²) in [7, 11) is -1.12. The monoisotopic (exact) mass is 272 g/mol. The van der Waals surface area contributed by atoms with Crippen LogP contribution >= 0.6 is 0 Å². The van der Waals surface area contributed by atoms with Crippen molar-refractivity contribution in [1.82, 2.24) is 0 Å². The van der Waals surface area contributed by atoms with Gasteiger partial charge in [-0.3, -0.25) is 0 Å². The molecule has 0 spiro atoms. The first-order chi connectivity index (χ1) is 9.16. The summed E-state index contributed by atoms with van der Waals surface area (Å²) >= 11 is 0. The first kappa shape index (κ1) is 14.6. The summed E-state index contributed by atoms with van der Waals surface area (Å²) in [6.45, 7) is 5.04. The molecule has 0 atom stereocenters. The minimum atomic E-state index is -1.12. The molecular weight excluding hydrogens is 244 g/mol. The number of allylic oxidation sites excluding steroid dienone is 2. The van der Waals surface area contributed by atoms with Crippen molar-refractivity contribution in [2.24, 2.45) is 5.92 Å². The smallest absolute Gasteiger partial charge is 0.0555 e. The summed E-state index contributed by atoms with van der Waals surface area (Å²) in [6, 6.07) is 13.6. The Morgan fingerprint density at radius 1 is 1.05 bits per heavy atom. The maximum Gasteiger partial charge on any atom is 0.0555 e. The fourth-order valence-electron chi connectivity index (χ4n) is 3.13. The zero-order valence-corrected chi connectivity index (χ0v) is 13.6. The summed E-state index contributed by atoms with van der Waals surface area (Å²) in [4.78, 5) is 0. The number of hydrogen-bond acceptors (Lipinski definition) is 0. The van der Waals surface area contributed by atoms with E-state index in [4.69, 9.17) is 0 Å². The van der Waals surface area contributed by atoms with E-state index in [0.717, 1.165) is 5.92 Å². The molecule has 0 aliphatic heterocycles. The molecule has 104 valence electrons. The van der Waals surface area contributed by atoms with Crippen LogP contribution in [0.25, 0.3) is 0 Å². The maximum atomic E-state index is 2.53. The molecule has 2 rings (SSSR count). The van der Waals surface area contributed by atoms with E-state index in [1.807, 2.05) is 0 Å². The Hall–Kier alpha value is -0.823. The summed E-state index contributed by atoms with van der Waals surface area (Å²) in [5.74, 6) is 0.885. The van der Waals surface area contributed by atoms with Gasteiger partial charge in [0.15, 0.2) is 0 Å². The molecule has 1 heteroatoms. The van der Waals surface area contributed by atoms with Crippen LogP contribution in [-0.2, 0) is 6.04 Å². The molecule has 0 nitrogen and oxygen atoms in total. The molecule has 0 radical (unpaired) electrons. The van der Waals surface area contributed by atoms with Crippen LogP contribution in [0.2, 0.25) is 19.1 Å². The molecular formula is C18H28Si. The van der Waals surface area contributed by atoms with Gasteiger partial charge in [-0.15, -0.1) is 0 Å². The van der Waals surface area contributed by atoms with Gasteiger partial charge in [0.1, 0.15) is 0 Å². The molecule has 19 heavy (non-hydrogen) atoms. The number of benzene rings is 1. The van der Waals surface area contributed by atoms with Crippen molar-refractivity contribution in [3.05, 3.63) is 48.0 Å². The van der Waals surface area contributed by atoms with Gasteiger partial charge in [0.05, 0.1) is 8.07 Å². The lowest BCUT2D eigenvalue weighted by molar-refractivity contribution is 0.419. The van der Waals surface area contributed by atoms with E-state index in [1.165, 1.54) is 49.8 Å². The first-order valence-corrected chi connectivity index (χ1v) is 11.3. The van der Waals surface area contributed by atoms with Gasteiger partial charge >= 0.3 is 0 Å². The fourth-order valence-corrected chi connectivity index (χ4v) is 5.39. The minimum absolute atomic E-state index is 0.885. The number of hydrogen-bond donors (Lipinski definition) is 0. The molecule has 0 bridgehead atoms. The Bertz CT molecular complexity index is 385. The zero-order valence-electron chi connectivity index (χ0n) is 12.6. The van der Waals surface area contributed by atoms with Crippen LogP contribution in [-0.4, -0.2) is 8.07 Å². The van der Waals surface area contributed by atoms with Gasteiger partial charge in [-0.1, -0.05) is 80.4 Å². The molecule has 0 unspecified atom stereocenters. The standard InChI is InChI=1S/C18H28Si/c1-19(2,16-18-12-7-4-8-13-18)15-9-14-17-10-5-3-6-11-17/h4,7-9,12-14,17H,3,5-6,10-11,15-16H2,1-2H3/b14-9+. The van der Waals surface area contributed by atoms with Crippen LogP contribution in [0.5, 0.6) is 0 Å². The Labute approximate surface area is 119 Å². The quantitative estimate of drug-likeness (QED) is 0.482. The Morgan fingerprint density at radius 3 is 2.42 bits per heavy atom. The number of rotatable bonds is 5. The lowest BCUT2D eigenvalue weighted by atomic mass is 9.89. The average Bonchev–Trinajstić information content (AvgIpc) is 2.40. The molecule has 0 saturated heterocycles. The van der Waals surface area contributed by atoms with E-state index < -0.39 is 8.07 Å². The summed E-state index contributed by atoms with van der Waals surface area (Å²) < 4.78 is 0. The van der Waals surface area contributed by atoms with Gasteiger partial charge in [-0.2, -0.15) is 0 Å². The predicted molar refractivity (Wildman–Crippen MR) is 88.2 cm³/mol. The zero-order chi connectivity index (χ0) is 13.6. The van der Waals surface area contributed by atoms with Crippen molar-refractivity contribution < 1.29 is 0 Å². The predicted octanol–water partition coefficient (Wildman–Crippen LogP) is 5.61. The van der Waals surface area contributed by atoms with Crippen molar-refractivity contribution in [1.29, 1.82) is 0 Å². The SMILES string of the molecule is C[Si](C)(C/C=C/C1CCCCC1)Cc1ccccc1. The highest BCUT2D eigenvalue weighted by Crippen LogP contribution is 2.25. The highest BCUT2D eigenvalue weighted by Gasteiger charge is 2.19. The molecule has 0 heterocycles. The lowest BCUT2D eigenvalue weighted by Crippen LogP contribution is -2.28. The Morgan fingerprint density at radius 2 is 1.74 bits per heavy atom. The topological polar surface area (TPSA) is 0 Å². The molecule has 1 aliphatic carbocycles. The van der Waals surface area contributed by atoms with Crippen LogP contribution in [0.3, 0.4) is 0 Å². The minimum Gasteiger partial charge on any atom is -0.0909 e. The third-order valence-electron chi connectivity index (χ3n) is 4.25. The molecule has 0 N–H and O–H groups in total. The summed E-state index contributed by atoms with van der Waals surface area (Å²) in [5.41, 5.74) is 1.52. The molecule has 0 aromatic heterocycles. The largest absolute Gasteiger partial charge is 0.0909 e. The van der Waals surface area contributed by atoms with Gasteiger partial charge in [-0.05, 0) is 30.8 Å². The van der Waals surface area contributed by atoms with Crippen LogP contribution in [0.4, 0.5) is 0 Å². The third kappa shape index (κ3) is 5.36. The van der Waals surface area contributed by atoms with E-state index in [0.29, 0.717) is 0 Å². The summed E-state index contributed by atoms with van der Waals surface area (Å²) in [6.07, 6.45) is 12.2. The van der Waals surface area contributed by atoms with Gasteiger partial charge in [0.2, 0.25) is 0 Å². The molecule has 1 aromatic rings. The van der Waals surface area contributed by atoms with E-state index in [2.05, 4.69) is 55.6 Å². The Balaban J connectivity index is 1.81. The van der Waals surface area contributed by atoms with Gasteiger partial charge in [0.25, 0.3) is 0 Å². The highest BCUT2D eigenvalue weighted by molar-refractivity contribution is 6.77. The van der Waals surface area contributed by atoms with Crippen LogP contribution in [0, 0.1) is 5.92 Å². The maximum absolute atomic E-state index is 2.53. The van der Waals surface area contributed by atoms with Crippen molar-refractivity contribution in [3.8, 4) is 0 Å². The van der Waals surface area contributed by atoms with E-state index >= 15 is 0 Å². The molecule has 1 fully saturated rings. The normalized spacial score (nSPS) is 18.0. The second-order valence-electron chi connectivity index (χ2n) is 6.86. The van der Waals surface area contributed by atoms with Crippen molar-refractivity contribution >= 4 is 8.07 Å². The molecule has 0 amide bonds. The van der Waals surface area contributed by atoms with E-state index in [1.54, 1.807) is 0 Å². The van der Waals surface area contributed by atoms with Crippen LogP contribution < -0.4 is 0 Å². The first-order valence-electron chi connectivity index (χ1n) is 7.86. The Kier molecular flexibility index (Phi) is 5.44. The van der Waals surface area contributed by atoms with Crippen molar-refractivity contribution in [2.75, 3.05) is 0 Å². The molecule has 1 aromatic carbocycles. The van der Waals surface area contributed by atoms with E-state index in [-0.39, 0.29) is 0 Å². The highest BCUT2D eigenvalue weighted by atomic mass is 28.3. The average molecular weight is 273 g/mol. The lowest BCUT2D eigenvalue weighted by Gasteiger charge is -2.22. The second-order valence-corrected chi connectivity index (χ2v) is 11.9. The van der Waals surface area contributed by atoms with Crippen LogP contribution in [0.15, 0.2) is 42.5 Å². The van der Waals surface area contributed by atoms with Gasteiger partial charge < -0.3 is 0 Å². The van der Waals surface area contributed by atoms with Crippen LogP contribution in [0.1, 0.15) is 37.7 Å². The third-order valence-corrected chi connectivity index (χ3v) is 6.96. The summed E-state index contributed by atoms with van der Waals surface area (Å²) in [5, 5.41) is 0. The molecule has 1 aliphatic rings. The second kappa shape index (κ2) is 7.09. The van der Waals surface area contributed by atoms with Gasteiger partial charge in [0, 0.05) is 0 Å². The van der Waals surface area contributed by atoms with E-state index in [9.17, 15) is 0 Å². The van der Waals surface area contributed by atoms with Crippen molar-refractivity contribution in [2.45, 2.75) is 57.3 Å². The fraction of sp³-hybridized carbons (Fsp3) is 0.556. The van der Waals surface area contributed by atoms with Gasteiger partial charge in [-0.25, -0.2) is 0 Å². The molecule has 1 saturated carbocycles. The van der Waals surface area contributed by atoms with Crippen molar-refractivity contribution in [3.63, 3.8) is 0 Å².